The number of nitrogens with zero attached hydrogens (tertiary/aromatic N) is 1. The van der Waals surface area contributed by atoms with Crippen LogP contribution in [0, 0.1) is 0 Å². The lowest BCUT2D eigenvalue weighted by atomic mass is 10.1. The highest BCUT2D eigenvalue weighted by atomic mass is 16.6. The van der Waals surface area contributed by atoms with Crippen LogP contribution in [0.4, 0.5) is 0 Å². The largest absolute Gasteiger partial charge is 0.394 e. The monoisotopic (exact) mass is 205 g/mol. The zero-order valence-electron chi connectivity index (χ0n) is 7.58. The van der Waals surface area contributed by atoms with Crippen LogP contribution in [0.3, 0.4) is 0 Å². The second-order valence-electron chi connectivity index (χ2n) is 3.14. The second kappa shape index (κ2) is 4.56. The maximum atomic E-state index is 9.43. The predicted octanol–water partition coefficient (Wildman–Crippen LogP) is -3.26. The van der Waals surface area contributed by atoms with Crippen LogP contribution in [0.15, 0.2) is 4.99 Å². The number of hydrogen-bond acceptors (Lipinski definition) is 5. The molecular weight excluding hydrogens is 190 g/mol. The van der Waals surface area contributed by atoms with Gasteiger partial charge in [-0.25, -0.2) is 0 Å². The highest BCUT2D eigenvalue weighted by Crippen LogP contribution is 2.20. The fourth-order valence-electron chi connectivity index (χ4n) is 1.32. The van der Waals surface area contributed by atoms with E-state index in [9.17, 15) is 10.2 Å². The van der Waals surface area contributed by atoms with Gasteiger partial charge in [-0.15, -0.1) is 0 Å². The minimum absolute atomic E-state index is 0.0665. The van der Waals surface area contributed by atoms with E-state index in [0.29, 0.717) is 0 Å². The van der Waals surface area contributed by atoms with E-state index in [-0.39, 0.29) is 19.1 Å². The Labute approximate surface area is 81.0 Å². The molecule has 1 rings (SSSR count). The zero-order chi connectivity index (χ0) is 10.7. The summed E-state index contributed by atoms with van der Waals surface area (Å²) in [7, 11) is 0. The van der Waals surface area contributed by atoms with Crippen molar-refractivity contribution < 1.29 is 20.1 Å². The topological polar surface area (TPSA) is 134 Å². The van der Waals surface area contributed by atoms with E-state index in [1.165, 1.54) is 0 Å². The van der Waals surface area contributed by atoms with Gasteiger partial charge in [0.2, 0.25) is 0 Å². The zero-order valence-corrected chi connectivity index (χ0v) is 7.58. The summed E-state index contributed by atoms with van der Waals surface area (Å²) in [6, 6.07) is 0. The molecule has 0 spiro atoms. The summed E-state index contributed by atoms with van der Waals surface area (Å²) in [5.41, 5.74) is 10.2. The van der Waals surface area contributed by atoms with Crippen molar-refractivity contribution in [2.45, 2.75) is 24.4 Å². The van der Waals surface area contributed by atoms with Gasteiger partial charge in [0, 0.05) is 0 Å². The van der Waals surface area contributed by atoms with E-state index in [2.05, 4.69) is 4.99 Å². The number of guanidine groups is 1. The number of rotatable bonds is 3. The molecule has 7 N–H and O–H groups in total. The summed E-state index contributed by atoms with van der Waals surface area (Å²) in [5.74, 6) is -0.109. The molecule has 0 aromatic carbocycles. The second-order valence-corrected chi connectivity index (χ2v) is 3.14. The molecule has 1 aliphatic rings. The predicted molar refractivity (Wildman–Crippen MR) is 48.4 cm³/mol. The Balaban J connectivity index is 2.52. The lowest BCUT2D eigenvalue weighted by Gasteiger charge is -2.11. The molecule has 0 amide bonds. The summed E-state index contributed by atoms with van der Waals surface area (Å²) in [6.07, 6.45) is -3.62. The molecule has 0 aromatic rings. The van der Waals surface area contributed by atoms with Crippen LogP contribution in [0.5, 0.6) is 0 Å². The Bertz CT molecular complexity index is 219. The lowest BCUT2D eigenvalue weighted by Crippen LogP contribution is -2.35. The van der Waals surface area contributed by atoms with Crippen LogP contribution in [0.1, 0.15) is 0 Å². The van der Waals surface area contributed by atoms with E-state index in [0.717, 1.165) is 0 Å². The molecule has 0 unspecified atom stereocenters. The van der Waals surface area contributed by atoms with Gasteiger partial charge in [-0.05, 0) is 0 Å². The molecule has 0 saturated carbocycles. The van der Waals surface area contributed by atoms with Crippen LogP contribution >= 0.6 is 0 Å². The third-order valence-electron chi connectivity index (χ3n) is 2.10. The van der Waals surface area contributed by atoms with Gasteiger partial charge in [0.15, 0.2) is 5.96 Å². The lowest BCUT2D eigenvalue weighted by molar-refractivity contribution is -0.0192. The molecule has 14 heavy (non-hydrogen) atoms. The van der Waals surface area contributed by atoms with Crippen molar-refractivity contribution in [1.82, 2.24) is 0 Å². The van der Waals surface area contributed by atoms with Gasteiger partial charge in [0.05, 0.1) is 13.2 Å². The highest BCUT2D eigenvalue weighted by Gasteiger charge is 2.41. The molecule has 1 saturated heterocycles. The first kappa shape index (κ1) is 11.2. The minimum atomic E-state index is -1.10. The molecular formula is C7H15N3O4. The molecule has 1 heterocycles. The number of aliphatic hydroxyl groups excluding tert-OH is 3. The van der Waals surface area contributed by atoms with E-state index < -0.39 is 24.4 Å². The van der Waals surface area contributed by atoms with Gasteiger partial charge in [0.1, 0.15) is 24.4 Å². The molecule has 7 heteroatoms. The number of hydrogen-bond donors (Lipinski definition) is 5. The summed E-state index contributed by atoms with van der Waals surface area (Å²) >= 11 is 0. The Hall–Kier alpha value is -0.890. The van der Waals surface area contributed by atoms with Crippen molar-refractivity contribution in [2.75, 3.05) is 13.2 Å². The maximum Gasteiger partial charge on any atom is 0.186 e. The Morgan fingerprint density at radius 2 is 1.79 bits per heavy atom. The van der Waals surface area contributed by atoms with Gasteiger partial charge in [-0.3, -0.25) is 4.99 Å². The Morgan fingerprint density at radius 3 is 2.21 bits per heavy atom. The van der Waals surface area contributed by atoms with Gasteiger partial charge in [-0.2, -0.15) is 0 Å². The first-order valence-corrected chi connectivity index (χ1v) is 4.24. The summed E-state index contributed by atoms with van der Waals surface area (Å²) in [5, 5.41) is 27.6. The normalized spacial score (nSPS) is 37.1. The van der Waals surface area contributed by atoms with E-state index >= 15 is 0 Å². The van der Waals surface area contributed by atoms with Gasteiger partial charge in [0.25, 0.3) is 0 Å². The van der Waals surface area contributed by atoms with Crippen LogP contribution in [0.2, 0.25) is 0 Å². The van der Waals surface area contributed by atoms with Crippen molar-refractivity contribution in [1.29, 1.82) is 0 Å². The fraction of sp³-hybridized carbons (Fsp3) is 0.857. The highest BCUT2D eigenvalue weighted by molar-refractivity contribution is 5.75. The number of aliphatic imine (C=N–C) groups is 1. The van der Waals surface area contributed by atoms with Crippen LogP contribution in [-0.4, -0.2) is 58.8 Å². The van der Waals surface area contributed by atoms with Crippen LogP contribution in [-0.2, 0) is 4.74 Å². The van der Waals surface area contributed by atoms with E-state index in [1.54, 1.807) is 0 Å². The number of nitrogens with two attached hydrogens (primary N) is 2. The molecule has 0 aliphatic carbocycles. The number of aliphatic hydroxyl groups is 3. The van der Waals surface area contributed by atoms with Gasteiger partial charge in [-0.1, -0.05) is 0 Å². The molecule has 0 aromatic heterocycles. The summed E-state index contributed by atoms with van der Waals surface area (Å²) in [4.78, 5) is 3.65. The van der Waals surface area contributed by atoms with Gasteiger partial charge < -0.3 is 31.5 Å². The molecule has 0 bridgehead atoms. The first-order valence-electron chi connectivity index (χ1n) is 4.24. The van der Waals surface area contributed by atoms with Crippen molar-refractivity contribution in [3.8, 4) is 0 Å². The number of ether oxygens (including phenoxy) is 1. The SMILES string of the molecule is NC(N)=NC[C@@H]1O[C@H](CO)[C@@H](O)[C@H]1O. The minimum Gasteiger partial charge on any atom is -0.394 e. The molecule has 82 valence electrons. The van der Waals surface area contributed by atoms with Crippen LogP contribution < -0.4 is 11.5 Å². The van der Waals surface area contributed by atoms with E-state index in [4.69, 9.17) is 21.3 Å². The average Bonchev–Trinajstić information content (AvgIpc) is 2.41. The van der Waals surface area contributed by atoms with Crippen molar-refractivity contribution in [2.24, 2.45) is 16.5 Å². The van der Waals surface area contributed by atoms with Crippen molar-refractivity contribution in [3.63, 3.8) is 0 Å². The molecule has 1 aliphatic heterocycles. The summed E-state index contributed by atoms with van der Waals surface area (Å²) in [6.45, 7) is -0.284. The molecule has 1 fully saturated rings. The van der Waals surface area contributed by atoms with Crippen molar-refractivity contribution in [3.05, 3.63) is 0 Å². The molecule has 7 nitrogen and oxygen atoms in total. The Kier molecular flexibility index (Phi) is 3.64. The Morgan fingerprint density at radius 1 is 1.21 bits per heavy atom. The first-order chi connectivity index (χ1) is 6.56. The summed E-state index contributed by atoms with van der Waals surface area (Å²) < 4.78 is 5.12. The average molecular weight is 205 g/mol. The van der Waals surface area contributed by atoms with Crippen molar-refractivity contribution >= 4 is 5.96 Å². The smallest absolute Gasteiger partial charge is 0.186 e. The van der Waals surface area contributed by atoms with E-state index in [1.807, 2.05) is 0 Å². The molecule has 4 atom stereocenters. The third kappa shape index (κ3) is 2.32. The maximum absolute atomic E-state index is 9.43. The standard InChI is InChI=1S/C7H15N3O4/c8-7(9)10-1-3-5(12)6(13)4(2-11)14-3/h3-6,11-13H,1-2H2,(H4,8,9,10)/t3-,4+,5-,6+/m0/s1. The fourth-order valence-corrected chi connectivity index (χ4v) is 1.32. The van der Waals surface area contributed by atoms with Crippen LogP contribution in [0.25, 0.3) is 0 Å². The quantitative estimate of drug-likeness (QED) is 0.242. The third-order valence-corrected chi connectivity index (χ3v) is 2.10. The molecule has 0 radical (unpaired) electrons. The van der Waals surface area contributed by atoms with Gasteiger partial charge >= 0.3 is 0 Å².